The van der Waals surface area contributed by atoms with Gasteiger partial charge in [0.2, 0.25) is 0 Å². The quantitative estimate of drug-likeness (QED) is 0.583. The molecule has 0 atom stereocenters. The van der Waals surface area contributed by atoms with Crippen LogP contribution in [0.1, 0.15) is 27.7 Å². The Morgan fingerprint density at radius 3 is 1.92 bits per heavy atom. The molecule has 0 aliphatic heterocycles. The van der Waals surface area contributed by atoms with E-state index in [1.165, 1.54) is 22.3 Å². The van der Waals surface area contributed by atoms with Crippen molar-refractivity contribution >= 4 is 0 Å². The molecule has 0 spiro atoms. The van der Waals surface area contributed by atoms with Crippen LogP contribution in [-0.2, 0) is 0 Å². The molecule has 0 fully saturated rings. The third-order valence-corrected chi connectivity index (χ3v) is 2.32. The lowest BCUT2D eigenvalue weighted by atomic mass is 9.91. The van der Waals surface area contributed by atoms with Crippen LogP contribution in [0, 0.1) is 0 Å². The molecule has 0 radical (unpaired) electrons. The highest BCUT2D eigenvalue weighted by molar-refractivity contribution is 5.46. The van der Waals surface area contributed by atoms with E-state index in [1.54, 1.807) is 0 Å². The molecule has 0 saturated carbocycles. The molecular formula is C11H17N. The van der Waals surface area contributed by atoms with Crippen molar-refractivity contribution in [3.8, 4) is 0 Å². The van der Waals surface area contributed by atoms with E-state index in [0.717, 1.165) is 0 Å². The van der Waals surface area contributed by atoms with Gasteiger partial charge in [-0.3, -0.25) is 0 Å². The summed E-state index contributed by atoms with van der Waals surface area (Å²) in [6, 6.07) is 0.132. The topological polar surface area (TPSA) is 26.0 Å². The molecule has 1 nitrogen and oxygen atoms in total. The molecule has 1 aliphatic carbocycles. The summed E-state index contributed by atoms with van der Waals surface area (Å²) in [5.41, 5.74) is 11.1. The Labute approximate surface area is 74.7 Å². The summed E-state index contributed by atoms with van der Waals surface area (Å²) >= 11 is 0. The van der Waals surface area contributed by atoms with E-state index in [0.29, 0.717) is 0 Å². The van der Waals surface area contributed by atoms with Gasteiger partial charge in [-0.25, -0.2) is 0 Å². The van der Waals surface area contributed by atoms with Gasteiger partial charge in [0, 0.05) is 6.04 Å². The SMILES string of the molecule is CC1=CC(=C(C)C)C=C(C)C1N. The summed E-state index contributed by atoms with van der Waals surface area (Å²) in [5.74, 6) is 0. The molecule has 0 bridgehead atoms. The maximum Gasteiger partial charge on any atom is 0.0471 e. The van der Waals surface area contributed by atoms with Crippen molar-refractivity contribution in [3.63, 3.8) is 0 Å². The molecule has 1 rings (SSSR count). The first-order valence-corrected chi connectivity index (χ1v) is 4.32. The number of allylic oxidation sites excluding steroid dienone is 4. The first-order valence-electron chi connectivity index (χ1n) is 4.32. The Morgan fingerprint density at radius 1 is 1.17 bits per heavy atom. The second kappa shape index (κ2) is 3.28. The lowest BCUT2D eigenvalue weighted by Crippen LogP contribution is -2.24. The van der Waals surface area contributed by atoms with Gasteiger partial charge in [0.1, 0.15) is 0 Å². The van der Waals surface area contributed by atoms with Crippen LogP contribution in [0.25, 0.3) is 0 Å². The first kappa shape index (κ1) is 9.27. The van der Waals surface area contributed by atoms with Gasteiger partial charge in [0.25, 0.3) is 0 Å². The smallest absolute Gasteiger partial charge is 0.0471 e. The highest BCUT2D eigenvalue weighted by Crippen LogP contribution is 2.22. The van der Waals surface area contributed by atoms with E-state index in [9.17, 15) is 0 Å². The summed E-state index contributed by atoms with van der Waals surface area (Å²) in [4.78, 5) is 0. The molecular weight excluding hydrogens is 146 g/mol. The zero-order valence-corrected chi connectivity index (χ0v) is 8.31. The Morgan fingerprint density at radius 2 is 1.58 bits per heavy atom. The lowest BCUT2D eigenvalue weighted by molar-refractivity contribution is 0.870. The Bertz CT molecular complexity index is 253. The van der Waals surface area contributed by atoms with Gasteiger partial charge in [-0.1, -0.05) is 28.9 Å². The molecule has 0 aromatic heterocycles. The van der Waals surface area contributed by atoms with E-state index in [4.69, 9.17) is 5.73 Å². The Balaban J connectivity index is 3.08. The minimum atomic E-state index is 0.132. The second-order valence-corrected chi connectivity index (χ2v) is 3.71. The molecule has 12 heavy (non-hydrogen) atoms. The van der Waals surface area contributed by atoms with Crippen molar-refractivity contribution in [2.75, 3.05) is 0 Å². The summed E-state index contributed by atoms with van der Waals surface area (Å²) in [6.07, 6.45) is 4.35. The monoisotopic (exact) mass is 163 g/mol. The summed E-state index contributed by atoms with van der Waals surface area (Å²) in [7, 11) is 0. The van der Waals surface area contributed by atoms with Gasteiger partial charge >= 0.3 is 0 Å². The zero-order valence-electron chi connectivity index (χ0n) is 8.31. The van der Waals surface area contributed by atoms with Gasteiger partial charge in [-0.05, 0) is 33.3 Å². The molecule has 0 aromatic rings. The molecule has 1 aliphatic rings. The molecule has 0 aromatic carbocycles. The van der Waals surface area contributed by atoms with Crippen molar-refractivity contribution in [2.24, 2.45) is 5.73 Å². The van der Waals surface area contributed by atoms with Crippen molar-refractivity contribution in [2.45, 2.75) is 33.7 Å². The number of rotatable bonds is 0. The van der Waals surface area contributed by atoms with Crippen LogP contribution in [0.4, 0.5) is 0 Å². The minimum Gasteiger partial charge on any atom is -0.321 e. The molecule has 66 valence electrons. The van der Waals surface area contributed by atoms with Crippen LogP contribution in [0.15, 0.2) is 34.4 Å². The third kappa shape index (κ3) is 1.67. The minimum absolute atomic E-state index is 0.132. The number of hydrogen-bond donors (Lipinski definition) is 1. The van der Waals surface area contributed by atoms with Gasteiger partial charge in [-0.2, -0.15) is 0 Å². The molecule has 0 saturated heterocycles. The van der Waals surface area contributed by atoms with Crippen molar-refractivity contribution < 1.29 is 0 Å². The summed E-state index contributed by atoms with van der Waals surface area (Å²) < 4.78 is 0. The average Bonchev–Trinajstić information content (AvgIpc) is 1.99. The highest BCUT2D eigenvalue weighted by Gasteiger charge is 2.12. The van der Waals surface area contributed by atoms with Crippen LogP contribution in [0.2, 0.25) is 0 Å². The first-order chi connectivity index (χ1) is 5.52. The lowest BCUT2D eigenvalue weighted by Gasteiger charge is -2.19. The van der Waals surface area contributed by atoms with E-state index < -0.39 is 0 Å². The standard InChI is InChI=1S/C11H17N/c1-7(2)10-5-8(3)11(12)9(4)6-10/h5-6,11H,12H2,1-4H3. The fourth-order valence-electron chi connectivity index (χ4n) is 1.36. The van der Waals surface area contributed by atoms with E-state index in [-0.39, 0.29) is 6.04 Å². The predicted octanol–water partition coefficient (Wildman–Crippen LogP) is 2.56. The molecule has 0 heterocycles. The zero-order chi connectivity index (χ0) is 9.30. The van der Waals surface area contributed by atoms with Crippen LogP contribution in [0.5, 0.6) is 0 Å². The van der Waals surface area contributed by atoms with E-state index in [2.05, 4.69) is 39.8 Å². The van der Waals surface area contributed by atoms with Crippen LogP contribution >= 0.6 is 0 Å². The van der Waals surface area contributed by atoms with Gasteiger partial charge in [-0.15, -0.1) is 0 Å². The third-order valence-electron chi connectivity index (χ3n) is 2.32. The average molecular weight is 163 g/mol. The largest absolute Gasteiger partial charge is 0.321 e. The maximum atomic E-state index is 5.92. The number of nitrogens with two attached hydrogens (primary N) is 1. The molecule has 1 heteroatoms. The fraction of sp³-hybridized carbons (Fsp3) is 0.455. The number of hydrogen-bond acceptors (Lipinski definition) is 1. The Kier molecular flexibility index (Phi) is 2.53. The molecule has 0 amide bonds. The van der Waals surface area contributed by atoms with Crippen molar-refractivity contribution in [3.05, 3.63) is 34.4 Å². The van der Waals surface area contributed by atoms with Gasteiger partial charge in [0.15, 0.2) is 0 Å². The maximum absolute atomic E-state index is 5.92. The second-order valence-electron chi connectivity index (χ2n) is 3.71. The van der Waals surface area contributed by atoms with Crippen LogP contribution in [0.3, 0.4) is 0 Å². The molecule has 0 unspecified atom stereocenters. The van der Waals surface area contributed by atoms with Crippen molar-refractivity contribution in [1.82, 2.24) is 0 Å². The normalized spacial score (nSPS) is 23.4. The van der Waals surface area contributed by atoms with E-state index >= 15 is 0 Å². The van der Waals surface area contributed by atoms with Crippen LogP contribution in [-0.4, -0.2) is 6.04 Å². The molecule has 2 N–H and O–H groups in total. The highest BCUT2D eigenvalue weighted by atomic mass is 14.6. The Hall–Kier alpha value is -0.820. The predicted molar refractivity (Wildman–Crippen MR) is 53.9 cm³/mol. The summed E-state index contributed by atoms with van der Waals surface area (Å²) in [6.45, 7) is 8.42. The van der Waals surface area contributed by atoms with Crippen LogP contribution < -0.4 is 5.73 Å². The fourth-order valence-corrected chi connectivity index (χ4v) is 1.36. The van der Waals surface area contributed by atoms with Crippen molar-refractivity contribution in [1.29, 1.82) is 0 Å². The summed E-state index contributed by atoms with van der Waals surface area (Å²) in [5, 5.41) is 0. The van der Waals surface area contributed by atoms with Gasteiger partial charge < -0.3 is 5.73 Å². The van der Waals surface area contributed by atoms with Gasteiger partial charge in [0.05, 0.1) is 0 Å². The van der Waals surface area contributed by atoms with E-state index in [1.807, 2.05) is 0 Å².